The number of nitrogens with zero attached hydrogens (tertiary/aromatic N) is 1. The van der Waals surface area contributed by atoms with E-state index in [9.17, 15) is 0 Å². The van der Waals surface area contributed by atoms with Crippen LogP contribution in [0, 0.1) is 0 Å². The van der Waals surface area contributed by atoms with Crippen molar-refractivity contribution >= 4 is 16.5 Å². The van der Waals surface area contributed by atoms with Gasteiger partial charge < -0.3 is 0 Å². The molecule has 0 N–H and O–H groups in total. The molecular formula is C15H17N. The first-order valence-corrected chi connectivity index (χ1v) is 5.83. The number of hydrogen-bond acceptors (Lipinski definition) is 1. The highest BCUT2D eigenvalue weighted by Gasteiger charge is 2.06. The molecule has 1 aromatic heterocycles. The number of para-hydroxylation sites is 1. The average molecular weight is 211 g/mol. The summed E-state index contributed by atoms with van der Waals surface area (Å²) in [5.41, 5.74) is 4.64. The Bertz CT molecular complexity index is 526. The fourth-order valence-corrected chi connectivity index (χ4v) is 1.92. The van der Waals surface area contributed by atoms with Gasteiger partial charge in [-0.1, -0.05) is 38.6 Å². The molecule has 0 radical (unpaired) electrons. The van der Waals surface area contributed by atoms with E-state index in [2.05, 4.69) is 38.6 Å². The smallest absolute Gasteiger partial charge is 0.0705 e. The van der Waals surface area contributed by atoms with Crippen LogP contribution in [0.25, 0.3) is 16.5 Å². The number of benzene rings is 1. The standard InChI is InChI=1S/C15H17N/c1-4-11(3)13-10-12-8-6-7-9-15(12)16-14(13)5-2/h6-10H,3-5H2,1-2H3. The van der Waals surface area contributed by atoms with E-state index in [-0.39, 0.29) is 0 Å². The molecule has 0 saturated heterocycles. The third-order valence-electron chi connectivity index (χ3n) is 2.95. The predicted molar refractivity (Wildman–Crippen MR) is 70.4 cm³/mol. The van der Waals surface area contributed by atoms with Gasteiger partial charge >= 0.3 is 0 Å². The van der Waals surface area contributed by atoms with E-state index < -0.39 is 0 Å². The number of aryl methyl sites for hydroxylation is 1. The lowest BCUT2D eigenvalue weighted by molar-refractivity contribution is 1.04. The number of allylic oxidation sites excluding steroid dienone is 1. The van der Waals surface area contributed by atoms with Crippen LogP contribution in [0.3, 0.4) is 0 Å². The normalized spacial score (nSPS) is 10.6. The van der Waals surface area contributed by atoms with Crippen LogP contribution in [0.2, 0.25) is 0 Å². The van der Waals surface area contributed by atoms with Crippen molar-refractivity contribution in [3.05, 3.63) is 48.2 Å². The summed E-state index contributed by atoms with van der Waals surface area (Å²) in [4.78, 5) is 4.70. The number of fused-ring (bicyclic) bond motifs is 1. The zero-order chi connectivity index (χ0) is 11.5. The van der Waals surface area contributed by atoms with Crippen molar-refractivity contribution in [2.75, 3.05) is 0 Å². The molecule has 0 aliphatic carbocycles. The summed E-state index contributed by atoms with van der Waals surface area (Å²) < 4.78 is 0. The molecule has 0 fully saturated rings. The molecule has 0 aliphatic heterocycles. The van der Waals surface area contributed by atoms with Crippen LogP contribution in [0.5, 0.6) is 0 Å². The van der Waals surface area contributed by atoms with Crippen LogP contribution in [0.1, 0.15) is 31.5 Å². The Balaban J connectivity index is 2.67. The Kier molecular flexibility index (Phi) is 3.04. The van der Waals surface area contributed by atoms with Gasteiger partial charge in [-0.3, -0.25) is 4.98 Å². The molecule has 0 aliphatic rings. The van der Waals surface area contributed by atoms with Crippen LogP contribution < -0.4 is 0 Å². The van der Waals surface area contributed by atoms with Crippen molar-refractivity contribution in [2.24, 2.45) is 0 Å². The Hall–Kier alpha value is -1.63. The summed E-state index contributed by atoms with van der Waals surface area (Å²) in [6.45, 7) is 8.40. The first kappa shape index (κ1) is 10.9. The van der Waals surface area contributed by atoms with Crippen molar-refractivity contribution in [1.82, 2.24) is 4.98 Å². The number of rotatable bonds is 3. The summed E-state index contributed by atoms with van der Waals surface area (Å²) in [6, 6.07) is 10.5. The van der Waals surface area contributed by atoms with Gasteiger partial charge in [0.2, 0.25) is 0 Å². The number of hydrogen-bond donors (Lipinski definition) is 0. The molecule has 1 heteroatoms. The molecule has 1 aromatic carbocycles. The van der Waals surface area contributed by atoms with Gasteiger partial charge in [0.15, 0.2) is 0 Å². The molecule has 0 spiro atoms. The third-order valence-corrected chi connectivity index (χ3v) is 2.95. The van der Waals surface area contributed by atoms with Gasteiger partial charge in [0.1, 0.15) is 0 Å². The van der Waals surface area contributed by atoms with Crippen LogP contribution in [0.15, 0.2) is 36.9 Å². The molecule has 1 heterocycles. The number of aromatic nitrogens is 1. The summed E-state index contributed by atoms with van der Waals surface area (Å²) in [5, 5.41) is 1.20. The largest absolute Gasteiger partial charge is 0.252 e. The zero-order valence-corrected chi connectivity index (χ0v) is 9.96. The average Bonchev–Trinajstić information content (AvgIpc) is 2.36. The van der Waals surface area contributed by atoms with E-state index in [0.29, 0.717) is 0 Å². The molecule has 2 aromatic rings. The van der Waals surface area contributed by atoms with Crippen molar-refractivity contribution < 1.29 is 0 Å². The van der Waals surface area contributed by atoms with Crippen molar-refractivity contribution in [3.63, 3.8) is 0 Å². The Morgan fingerprint density at radius 1 is 1.25 bits per heavy atom. The van der Waals surface area contributed by atoms with Crippen LogP contribution in [-0.4, -0.2) is 4.98 Å². The molecule has 0 atom stereocenters. The quantitative estimate of drug-likeness (QED) is 0.740. The minimum absolute atomic E-state index is 0.958. The summed E-state index contributed by atoms with van der Waals surface area (Å²) in [7, 11) is 0. The van der Waals surface area contributed by atoms with Gasteiger partial charge in [-0.15, -0.1) is 0 Å². The molecule has 0 bridgehead atoms. The maximum Gasteiger partial charge on any atom is 0.0705 e. The molecule has 0 saturated carbocycles. The van der Waals surface area contributed by atoms with Gasteiger partial charge in [0.25, 0.3) is 0 Å². The second-order valence-corrected chi connectivity index (χ2v) is 3.99. The van der Waals surface area contributed by atoms with E-state index in [0.717, 1.165) is 24.1 Å². The lowest BCUT2D eigenvalue weighted by Crippen LogP contribution is -1.96. The summed E-state index contributed by atoms with van der Waals surface area (Å²) >= 11 is 0. The Morgan fingerprint density at radius 2 is 2.00 bits per heavy atom. The van der Waals surface area contributed by atoms with Gasteiger partial charge in [-0.2, -0.15) is 0 Å². The maximum atomic E-state index is 4.70. The molecule has 16 heavy (non-hydrogen) atoms. The topological polar surface area (TPSA) is 12.9 Å². The molecule has 0 unspecified atom stereocenters. The molecular weight excluding hydrogens is 194 g/mol. The van der Waals surface area contributed by atoms with Crippen molar-refractivity contribution in [3.8, 4) is 0 Å². The van der Waals surface area contributed by atoms with Gasteiger partial charge in [0, 0.05) is 11.1 Å². The summed E-state index contributed by atoms with van der Waals surface area (Å²) in [5.74, 6) is 0. The highest BCUT2D eigenvalue weighted by molar-refractivity contribution is 5.83. The Labute approximate surface area is 96.8 Å². The molecule has 82 valence electrons. The highest BCUT2D eigenvalue weighted by atomic mass is 14.7. The van der Waals surface area contributed by atoms with E-state index >= 15 is 0 Å². The van der Waals surface area contributed by atoms with Crippen molar-refractivity contribution in [1.29, 1.82) is 0 Å². The van der Waals surface area contributed by atoms with E-state index in [1.807, 2.05) is 12.1 Å². The van der Waals surface area contributed by atoms with Gasteiger partial charge in [-0.25, -0.2) is 0 Å². The van der Waals surface area contributed by atoms with Crippen LogP contribution in [0.4, 0.5) is 0 Å². The highest BCUT2D eigenvalue weighted by Crippen LogP contribution is 2.24. The third kappa shape index (κ3) is 1.85. The Morgan fingerprint density at radius 3 is 2.69 bits per heavy atom. The molecule has 1 nitrogen and oxygen atoms in total. The fourth-order valence-electron chi connectivity index (χ4n) is 1.92. The van der Waals surface area contributed by atoms with E-state index in [4.69, 9.17) is 4.98 Å². The van der Waals surface area contributed by atoms with Crippen LogP contribution in [-0.2, 0) is 6.42 Å². The summed E-state index contributed by atoms with van der Waals surface area (Å²) in [6.07, 6.45) is 1.94. The fraction of sp³-hybridized carbons (Fsp3) is 0.267. The van der Waals surface area contributed by atoms with Gasteiger partial charge in [0.05, 0.1) is 5.52 Å². The van der Waals surface area contributed by atoms with E-state index in [1.165, 1.54) is 16.5 Å². The second-order valence-electron chi connectivity index (χ2n) is 3.99. The second kappa shape index (κ2) is 4.48. The number of pyridine rings is 1. The molecule has 2 rings (SSSR count). The lowest BCUT2D eigenvalue weighted by Gasteiger charge is -2.10. The van der Waals surface area contributed by atoms with Gasteiger partial charge in [-0.05, 0) is 36.1 Å². The van der Waals surface area contributed by atoms with Crippen molar-refractivity contribution in [2.45, 2.75) is 26.7 Å². The van der Waals surface area contributed by atoms with Crippen LogP contribution >= 0.6 is 0 Å². The minimum atomic E-state index is 0.958. The first-order valence-electron chi connectivity index (χ1n) is 5.83. The predicted octanol–water partition coefficient (Wildman–Crippen LogP) is 4.22. The maximum absolute atomic E-state index is 4.70. The monoisotopic (exact) mass is 211 g/mol. The SMILES string of the molecule is C=C(CC)c1cc2ccccc2nc1CC. The zero-order valence-electron chi connectivity index (χ0n) is 9.96. The molecule has 0 amide bonds. The first-order chi connectivity index (χ1) is 7.76. The van der Waals surface area contributed by atoms with E-state index in [1.54, 1.807) is 0 Å². The lowest BCUT2D eigenvalue weighted by atomic mass is 10.00. The minimum Gasteiger partial charge on any atom is -0.252 e.